The number of hydrogen-bond acceptors (Lipinski definition) is 5. The van der Waals surface area contributed by atoms with Gasteiger partial charge in [0.2, 0.25) is 11.0 Å². The fraction of sp³-hybridized carbons (Fsp3) is 0.286. The molecule has 1 amide bonds. The zero-order chi connectivity index (χ0) is 18.6. The molecule has 1 saturated heterocycles. The number of amides is 1. The van der Waals surface area contributed by atoms with Crippen molar-refractivity contribution in [3.63, 3.8) is 0 Å². The first-order valence-corrected chi connectivity index (χ1v) is 9.96. The molecule has 0 radical (unpaired) electrons. The first-order valence-electron chi connectivity index (χ1n) is 9.14. The second kappa shape index (κ2) is 7.88. The molecule has 27 heavy (non-hydrogen) atoms. The molecular weight excluding hydrogens is 356 g/mol. The van der Waals surface area contributed by atoms with E-state index in [2.05, 4.69) is 58.8 Å². The van der Waals surface area contributed by atoms with Crippen molar-refractivity contribution in [3.05, 3.63) is 76.3 Å². The fourth-order valence-electron chi connectivity index (χ4n) is 3.25. The number of carbonyl (C=O) groups is 1. The standard InChI is InChI=1S/C21H22N4OS/c1-15-7-9-17(10-8-15)14-25-12-11-18(20(25)26)22-21-24-23-19(27-21)13-16-5-3-2-4-6-16/h2-10,18H,11-14H2,1H3,(H,22,24). The summed E-state index contributed by atoms with van der Waals surface area (Å²) in [4.78, 5) is 14.6. The zero-order valence-electron chi connectivity index (χ0n) is 15.3. The van der Waals surface area contributed by atoms with Gasteiger partial charge in [-0.25, -0.2) is 0 Å². The van der Waals surface area contributed by atoms with Gasteiger partial charge in [-0.2, -0.15) is 0 Å². The van der Waals surface area contributed by atoms with Crippen LogP contribution >= 0.6 is 11.3 Å². The van der Waals surface area contributed by atoms with E-state index in [-0.39, 0.29) is 11.9 Å². The van der Waals surface area contributed by atoms with Gasteiger partial charge in [-0.1, -0.05) is 71.5 Å². The van der Waals surface area contributed by atoms with Crippen molar-refractivity contribution in [1.29, 1.82) is 0 Å². The minimum Gasteiger partial charge on any atom is -0.348 e. The fourth-order valence-corrected chi connectivity index (χ4v) is 4.07. The maximum Gasteiger partial charge on any atom is 0.245 e. The zero-order valence-corrected chi connectivity index (χ0v) is 16.1. The van der Waals surface area contributed by atoms with Crippen LogP contribution in [0.1, 0.15) is 28.1 Å². The summed E-state index contributed by atoms with van der Waals surface area (Å²) in [6.45, 7) is 3.49. The number of aromatic nitrogens is 2. The minimum atomic E-state index is -0.215. The summed E-state index contributed by atoms with van der Waals surface area (Å²) in [5, 5.41) is 13.4. The lowest BCUT2D eigenvalue weighted by Crippen LogP contribution is -2.33. The van der Waals surface area contributed by atoms with E-state index in [1.807, 2.05) is 23.1 Å². The molecule has 6 heteroatoms. The molecule has 0 saturated carbocycles. The normalized spacial score (nSPS) is 16.7. The number of anilines is 1. The predicted molar refractivity (Wildman–Crippen MR) is 108 cm³/mol. The van der Waals surface area contributed by atoms with Crippen molar-refractivity contribution < 1.29 is 4.79 Å². The lowest BCUT2D eigenvalue weighted by atomic mass is 10.1. The summed E-state index contributed by atoms with van der Waals surface area (Å²) in [6, 6.07) is 18.3. The Labute approximate surface area is 163 Å². The number of hydrogen-bond donors (Lipinski definition) is 1. The number of nitrogens with zero attached hydrogens (tertiary/aromatic N) is 3. The Morgan fingerprint density at radius 1 is 1.07 bits per heavy atom. The van der Waals surface area contributed by atoms with E-state index < -0.39 is 0 Å². The average molecular weight is 379 g/mol. The van der Waals surface area contributed by atoms with Gasteiger partial charge in [0.1, 0.15) is 11.0 Å². The minimum absolute atomic E-state index is 0.135. The SMILES string of the molecule is Cc1ccc(CN2CCC(Nc3nnc(Cc4ccccc4)s3)C2=O)cc1. The molecule has 2 heterocycles. The number of nitrogens with one attached hydrogen (secondary N) is 1. The van der Waals surface area contributed by atoms with Gasteiger partial charge in [0.05, 0.1) is 0 Å². The molecule has 1 aliphatic heterocycles. The smallest absolute Gasteiger partial charge is 0.245 e. The largest absolute Gasteiger partial charge is 0.348 e. The van der Waals surface area contributed by atoms with Gasteiger partial charge in [0, 0.05) is 19.5 Å². The van der Waals surface area contributed by atoms with Crippen LogP contribution in [0.4, 0.5) is 5.13 Å². The predicted octanol–water partition coefficient (Wildman–Crippen LogP) is 3.65. The van der Waals surface area contributed by atoms with Crippen LogP contribution in [-0.2, 0) is 17.8 Å². The highest BCUT2D eigenvalue weighted by Gasteiger charge is 2.32. The molecule has 3 aromatic rings. The molecule has 4 rings (SSSR count). The van der Waals surface area contributed by atoms with Crippen molar-refractivity contribution in [3.8, 4) is 0 Å². The van der Waals surface area contributed by atoms with Gasteiger partial charge in [-0.15, -0.1) is 10.2 Å². The molecule has 1 N–H and O–H groups in total. The van der Waals surface area contributed by atoms with Gasteiger partial charge in [-0.05, 0) is 24.5 Å². The summed E-state index contributed by atoms with van der Waals surface area (Å²) in [5.74, 6) is 0.135. The topological polar surface area (TPSA) is 58.1 Å². The number of carbonyl (C=O) groups excluding carboxylic acids is 1. The summed E-state index contributed by atoms with van der Waals surface area (Å²) in [6.07, 6.45) is 1.55. The van der Waals surface area contributed by atoms with Crippen molar-refractivity contribution in [1.82, 2.24) is 15.1 Å². The van der Waals surface area contributed by atoms with Crippen molar-refractivity contribution >= 4 is 22.4 Å². The van der Waals surface area contributed by atoms with E-state index in [1.54, 1.807) is 0 Å². The molecule has 0 bridgehead atoms. The van der Waals surface area contributed by atoms with Crippen LogP contribution in [0.25, 0.3) is 0 Å². The van der Waals surface area contributed by atoms with Crippen LogP contribution < -0.4 is 5.32 Å². The monoisotopic (exact) mass is 378 g/mol. The van der Waals surface area contributed by atoms with Gasteiger partial charge in [0.25, 0.3) is 0 Å². The number of aryl methyl sites for hydroxylation is 1. The van der Waals surface area contributed by atoms with Crippen molar-refractivity contribution in [2.45, 2.75) is 32.4 Å². The molecule has 0 spiro atoms. The lowest BCUT2D eigenvalue weighted by molar-refractivity contribution is -0.128. The van der Waals surface area contributed by atoms with E-state index in [0.29, 0.717) is 6.54 Å². The highest BCUT2D eigenvalue weighted by Crippen LogP contribution is 2.23. The maximum absolute atomic E-state index is 12.7. The first-order chi connectivity index (χ1) is 13.2. The molecule has 2 aromatic carbocycles. The Morgan fingerprint density at radius 2 is 1.85 bits per heavy atom. The molecule has 0 aliphatic carbocycles. The third-order valence-electron chi connectivity index (χ3n) is 4.75. The highest BCUT2D eigenvalue weighted by molar-refractivity contribution is 7.15. The highest BCUT2D eigenvalue weighted by atomic mass is 32.1. The van der Waals surface area contributed by atoms with Gasteiger partial charge >= 0.3 is 0 Å². The van der Waals surface area contributed by atoms with Crippen LogP contribution in [0.2, 0.25) is 0 Å². The summed E-state index contributed by atoms with van der Waals surface area (Å²) in [5.41, 5.74) is 3.60. The summed E-state index contributed by atoms with van der Waals surface area (Å²) >= 11 is 1.52. The summed E-state index contributed by atoms with van der Waals surface area (Å²) < 4.78 is 0. The Balaban J connectivity index is 1.35. The van der Waals surface area contributed by atoms with E-state index in [0.717, 1.165) is 35.1 Å². The average Bonchev–Trinajstić information content (AvgIpc) is 3.26. The molecule has 5 nitrogen and oxygen atoms in total. The molecular formula is C21H22N4OS. The van der Waals surface area contributed by atoms with Crippen LogP contribution in [-0.4, -0.2) is 33.6 Å². The van der Waals surface area contributed by atoms with E-state index in [9.17, 15) is 4.79 Å². The molecule has 1 aromatic heterocycles. The third-order valence-corrected chi connectivity index (χ3v) is 5.61. The van der Waals surface area contributed by atoms with Crippen molar-refractivity contribution in [2.24, 2.45) is 0 Å². The summed E-state index contributed by atoms with van der Waals surface area (Å²) in [7, 11) is 0. The Kier molecular flexibility index (Phi) is 5.16. The second-order valence-electron chi connectivity index (χ2n) is 6.89. The van der Waals surface area contributed by atoms with Gasteiger partial charge < -0.3 is 10.2 Å². The number of benzene rings is 2. The molecule has 1 unspecified atom stereocenters. The first kappa shape index (κ1) is 17.7. The van der Waals surface area contributed by atoms with E-state index >= 15 is 0 Å². The van der Waals surface area contributed by atoms with Crippen LogP contribution in [0.5, 0.6) is 0 Å². The lowest BCUT2D eigenvalue weighted by Gasteiger charge is -2.17. The van der Waals surface area contributed by atoms with E-state index in [1.165, 1.54) is 22.5 Å². The molecule has 1 fully saturated rings. The van der Waals surface area contributed by atoms with Crippen LogP contribution in [0.3, 0.4) is 0 Å². The molecule has 1 atom stereocenters. The molecule has 138 valence electrons. The Bertz CT molecular complexity index is 907. The van der Waals surface area contributed by atoms with Crippen LogP contribution in [0.15, 0.2) is 54.6 Å². The van der Waals surface area contributed by atoms with Gasteiger partial charge in [-0.3, -0.25) is 4.79 Å². The second-order valence-corrected chi connectivity index (χ2v) is 7.96. The van der Waals surface area contributed by atoms with Gasteiger partial charge in [0.15, 0.2) is 0 Å². The Hall–Kier alpha value is -2.73. The maximum atomic E-state index is 12.7. The number of rotatable bonds is 6. The Morgan fingerprint density at radius 3 is 2.63 bits per heavy atom. The van der Waals surface area contributed by atoms with Crippen molar-refractivity contribution in [2.75, 3.05) is 11.9 Å². The number of likely N-dealkylation sites (tertiary alicyclic amines) is 1. The third kappa shape index (κ3) is 4.34. The van der Waals surface area contributed by atoms with E-state index in [4.69, 9.17) is 0 Å². The molecule has 1 aliphatic rings. The quantitative estimate of drug-likeness (QED) is 0.711. The van der Waals surface area contributed by atoms with Crippen LogP contribution in [0, 0.1) is 6.92 Å².